The van der Waals surface area contributed by atoms with E-state index in [9.17, 15) is 0 Å². The van der Waals surface area contributed by atoms with E-state index >= 15 is 0 Å². The Bertz CT molecular complexity index is 2320. The molecule has 0 spiro atoms. The quantitative estimate of drug-likeness (QED) is 0.191. The Labute approximate surface area is 294 Å². The van der Waals surface area contributed by atoms with Gasteiger partial charge in [-0.05, 0) is 118 Å². The minimum absolute atomic E-state index is 0.0425. The Morgan fingerprint density at radius 2 is 1.00 bits per heavy atom. The van der Waals surface area contributed by atoms with Crippen LogP contribution in [-0.4, -0.2) is 15.0 Å². The van der Waals surface area contributed by atoms with E-state index in [1.807, 2.05) is 0 Å². The maximum absolute atomic E-state index is 5.29. The summed E-state index contributed by atoms with van der Waals surface area (Å²) in [6, 6.07) is 42.4. The Balaban J connectivity index is 1.07. The van der Waals surface area contributed by atoms with Gasteiger partial charge in [-0.2, -0.15) is 0 Å². The molecule has 1 unspecified atom stereocenters. The third-order valence-electron chi connectivity index (χ3n) is 13.4. The van der Waals surface area contributed by atoms with Gasteiger partial charge in [0.2, 0.25) is 0 Å². The van der Waals surface area contributed by atoms with Crippen molar-refractivity contribution < 1.29 is 0 Å². The van der Waals surface area contributed by atoms with Crippen LogP contribution in [0.15, 0.2) is 115 Å². The van der Waals surface area contributed by atoms with Crippen molar-refractivity contribution in [2.24, 2.45) is 23.2 Å². The van der Waals surface area contributed by atoms with Crippen LogP contribution in [0.1, 0.15) is 80.5 Å². The number of aromatic nitrogens is 3. The second-order valence-corrected chi connectivity index (χ2v) is 16.7. The van der Waals surface area contributed by atoms with Gasteiger partial charge in [0.15, 0.2) is 17.5 Å². The van der Waals surface area contributed by atoms with E-state index in [0.717, 1.165) is 46.1 Å². The Morgan fingerprint density at radius 3 is 1.72 bits per heavy atom. The summed E-state index contributed by atoms with van der Waals surface area (Å²) < 4.78 is 0. The highest BCUT2D eigenvalue weighted by molar-refractivity contribution is 5.85. The molecule has 0 radical (unpaired) electrons. The van der Waals surface area contributed by atoms with E-state index in [-0.39, 0.29) is 5.41 Å². The van der Waals surface area contributed by atoms with Gasteiger partial charge in [0.05, 0.1) is 0 Å². The Kier molecular flexibility index (Phi) is 5.97. The van der Waals surface area contributed by atoms with Gasteiger partial charge in [0, 0.05) is 28.0 Å². The predicted molar refractivity (Wildman–Crippen MR) is 202 cm³/mol. The first-order chi connectivity index (χ1) is 24.4. The maximum Gasteiger partial charge on any atom is 0.164 e. The molecule has 4 bridgehead atoms. The molecular weight excluding hydrogens is 607 g/mol. The molecule has 1 heterocycles. The molecule has 244 valence electrons. The van der Waals surface area contributed by atoms with Crippen LogP contribution in [0.4, 0.5) is 0 Å². The van der Waals surface area contributed by atoms with Gasteiger partial charge in [-0.15, -0.1) is 0 Å². The molecule has 4 fully saturated rings. The van der Waals surface area contributed by atoms with E-state index in [1.54, 1.807) is 5.56 Å². The molecule has 1 atom stereocenters. The Morgan fingerprint density at radius 1 is 0.460 bits per heavy atom. The lowest BCUT2D eigenvalue weighted by molar-refractivity contribution is -0.0612. The fourth-order valence-corrected chi connectivity index (χ4v) is 11.7. The van der Waals surface area contributed by atoms with E-state index < -0.39 is 0 Å². The monoisotopic (exact) mass is 647 g/mol. The van der Waals surface area contributed by atoms with Crippen molar-refractivity contribution in [3.63, 3.8) is 0 Å². The molecular formula is C47H41N3. The van der Waals surface area contributed by atoms with Crippen LogP contribution in [0.3, 0.4) is 0 Å². The van der Waals surface area contributed by atoms with Crippen molar-refractivity contribution in [1.29, 1.82) is 0 Å². The van der Waals surface area contributed by atoms with Gasteiger partial charge in [-0.1, -0.05) is 117 Å². The van der Waals surface area contributed by atoms with Gasteiger partial charge < -0.3 is 0 Å². The molecule has 3 heteroatoms. The topological polar surface area (TPSA) is 38.7 Å². The lowest BCUT2D eigenvalue weighted by Gasteiger charge is -2.59. The molecule has 0 amide bonds. The van der Waals surface area contributed by atoms with Crippen LogP contribution in [0.2, 0.25) is 0 Å². The SMILES string of the molecule is CC1(C)c2ccccc2-c2cc(-c3nc(-c4ccccc4)nc(-c4ccc5c(c4)C(C46CC7CC(CC(C7)C4)C6)c4ccccc4-5)n3)ccc21. The number of rotatable bonds is 4. The summed E-state index contributed by atoms with van der Waals surface area (Å²) in [5.74, 6) is 5.35. The molecule has 50 heavy (non-hydrogen) atoms. The van der Waals surface area contributed by atoms with Crippen molar-refractivity contribution in [1.82, 2.24) is 15.0 Å². The van der Waals surface area contributed by atoms with Crippen molar-refractivity contribution in [2.45, 2.75) is 63.7 Å². The third kappa shape index (κ3) is 4.13. The largest absolute Gasteiger partial charge is 0.208 e. The molecule has 0 aliphatic heterocycles. The average Bonchev–Trinajstić information content (AvgIpc) is 3.60. The summed E-state index contributed by atoms with van der Waals surface area (Å²) >= 11 is 0. The van der Waals surface area contributed by atoms with Crippen LogP contribution >= 0.6 is 0 Å². The molecule has 3 nitrogen and oxygen atoms in total. The number of hydrogen-bond acceptors (Lipinski definition) is 3. The maximum atomic E-state index is 5.29. The zero-order chi connectivity index (χ0) is 33.2. The first kappa shape index (κ1) is 28.9. The van der Waals surface area contributed by atoms with Crippen LogP contribution in [0.25, 0.3) is 56.4 Å². The van der Waals surface area contributed by atoms with E-state index in [2.05, 4.69) is 129 Å². The summed E-state index contributed by atoms with van der Waals surface area (Å²) in [6.07, 6.45) is 8.53. The fraction of sp³-hybridized carbons (Fsp3) is 0.298. The highest BCUT2D eigenvalue weighted by Crippen LogP contribution is 2.68. The van der Waals surface area contributed by atoms with Gasteiger partial charge in [0.25, 0.3) is 0 Å². The van der Waals surface area contributed by atoms with Gasteiger partial charge in [-0.3, -0.25) is 0 Å². The second kappa shape index (κ2) is 10.3. The summed E-state index contributed by atoms with van der Waals surface area (Å²) in [5.41, 5.74) is 14.6. The standard InChI is InChI=1S/C47H41N3/c1-46(2)40-15-9-8-13-36(40)38-23-33(17-19-41(38)46)45-49-43(31-10-4-3-5-11-31)48-44(50-45)32-16-18-35-34-12-6-7-14-37(34)42(39(35)24-32)47-25-28-20-29(26-47)22-30(21-28)27-47/h3-19,23-24,28-30,42H,20-22,25-27H2,1-2H3. The number of benzene rings is 5. The van der Waals surface area contributed by atoms with Gasteiger partial charge in [-0.25, -0.2) is 15.0 Å². The fourth-order valence-electron chi connectivity index (χ4n) is 11.7. The lowest BCUT2D eigenvalue weighted by Crippen LogP contribution is -2.48. The van der Waals surface area contributed by atoms with Crippen molar-refractivity contribution in [3.05, 3.63) is 138 Å². The van der Waals surface area contributed by atoms with Crippen molar-refractivity contribution in [3.8, 4) is 56.4 Å². The van der Waals surface area contributed by atoms with Crippen LogP contribution < -0.4 is 0 Å². The summed E-state index contributed by atoms with van der Waals surface area (Å²) in [6.45, 7) is 4.66. The summed E-state index contributed by atoms with van der Waals surface area (Å²) in [4.78, 5) is 15.6. The molecule has 6 aliphatic carbocycles. The number of hydrogen-bond donors (Lipinski definition) is 0. The molecule has 0 N–H and O–H groups in total. The van der Waals surface area contributed by atoms with Crippen LogP contribution in [0, 0.1) is 23.2 Å². The molecule has 5 aromatic carbocycles. The molecule has 1 aromatic heterocycles. The highest BCUT2D eigenvalue weighted by Gasteiger charge is 2.56. The van der Waals surface area contributed by atoms with E-state index in [4.69, 9.17) is 15.0 Å². The summed E-state index contributed by atoms with van der Waals surface area (Å²) in [7, 11) is 0. The zero-order valence-electron chi connectivity index (χ0n) is 28.9. The second-order valence-electron chi connectivity index (χ2n) is 16.7. The zero-order valence-corrected chi connectivity index (χ0v) is 28.9. The third-order valence-corrected chi connectivity index (χ3v) is 13.4. The average molecular weight is 648 g/mol. The molecule has 4 saturated carbocycles. The first-order valence-corrected chi connectivity index (χ1v) is 18.7. The summed E-state index contributed by atoms with van der Waals surface area (Å²) in [5, 5.41) is 0. The Hall–Kier alpha value is -4.89. The first-order valence-electron chi connectivity index (χ1n) is 18.7. The molecule has 6 aromatic rings. The van der Waals surface area contributed by atoms with Gasteiger partial charge >= 0.3 is 0 Å². The molecule has 6 aliphatic rings. The van der Waals surface area contributed by atoms with Gasteiger partial charge in [0.1, 0.15) is 0 Å². The molecule has 12 rings (SSSR count). The minimum atomic E-state index is -0.0425. The highest BCUT2D eigenvalue weighted by atomic mass is 15.0. The van der Waals surface area contributed by atoms with Crippen molar-refractivity contribution in [2.75, 3.05) is 0 Å². The predicted octanol–water partition coefficient (Wildman–Crippen LogP) is 11.5. The normalized spacial score (nSPS) is 26.0. The number of fused-ring (bicyclic) bond motifs is 6. The minimum Gasteiger partial charge on any atom is -0.208 e. The van der Waals surface area contributed by atoms with Crippen LogP contribution in [0.5, 0.6) is 0 Å². The van der Waals surface area contributed by atoms with E-state index in [1.165, 1.54) is 77.5 Å². The molecule has 0 saturated heterocycles. The number of nitrogens with zero attached hydrogens (tertiary/aromatic N) is 3. The van der Waals surface area contributed by atoms with Crippen LogP contribution in [-0.2, 0) is 5.41 Å². The van der Waals surface area contributed by atoms with E-state index in [0.29, 0.717) is 17.2 Å². The lowest BCUT2D eigenvalue weighted by atomic mass is 9.45. The van der Waals surface area contributed by atoms with Crippen molar-refractivity contribution >= 4 is 0 Å². The smallest absolute Gasteiger partial charge is 0.164 e.